The lowest BCUT2D eigenvalue weighted by Gasteiger charge is -2.28. The standard InChI is InChI=1S/C82H140NO8P/c1-6-8-10-12-14-16-18-20-22-24-26-28-30-32-34-36-38-39-40-41-42-43-45-47-49-51-53-55-57-59-61-63-65-67-69-71-73-75-82(85)91-80(79-90-92(86,87)89-77-76-83(3,4)5)78-88-81(84)74-72-70-68-66-64-62-60-58-56-54-52-50-48-46-44-37-35-33-31-29-27-25-23-21-19-17-15-13-11-9-7-2/h8-11,14-17,20-23,26-29,32-35,38-39,41-42,80H,6-7,12-13,18-19,24-25,30-31,36-37,40,43-79H2,1-5H3/b10-8-,11-9-,16-14-,17-15-,22-20-,23-21-,28-26-,29-27-,34-32-,35-33-,39-38-,42-41-. The minimum Gasteiger partial charge on any atom is -0.756 e. The number of unbranched alkanes of at least 4 members (excludes halogenated alkanes) is 30. The van der Waals surface area contributed by atoms with E-state index >= 15 is 0 Å². The number of hydrogen-bond acceptors (Lipinski definition) is 8. The first kappa shape index (κ1) is 87.9. The topological polar surface area (TPSA) is 111 Å². The maximum absolute atomic E-state index is 12.9. The number of carbonyl (C=O) groups is 2. The fraction of sp³-hybridized carbons (Fsp3) is 0.683. The molecule has 526 valence electrons. The molecule has 0 spiro atoms. The van der Waals surface area contributed by atoms with Crippen LogP contribution in [0.4, 0.5) is 0 Å². The van der Waals surface area contributed by atoms with Crippen molar-refractivity contribution in [3.63, 3.8) is 0 Å². The van der Waals surface area contributed by atoms with E-state index in [1.165, 1.54) is 161 Å². The van der Waals surface area contributed by atoms with E-state index in [0.29, 0.717) is 17.4 Å². The van der Waals surface area contributed by atoms with Gasteiger partial charge < -0.3 is 27.9 Å². The maximum Gasteiger partial charge on any atom is 0.306 e. The van der Waals surface area contributed by atoms with Gasteiger partial charge in [-0.2, -0.15) is 0 Å². The number of carbonyl (C=O) groups excluding carboxylic acids is 2. The first-order chi connectivity index (χ1) is 45.0. The Bertz CT molecular complexity index is 2070. The monoisotopic (exact) mass is 1300 g/mol. The van der Waals surface area contributed by atoms with Gasteiger partial charge in [-0.25, -0.2) is 0 Å². The number of phosphoric ester groups is 1. The third kappa shape index (κ3) is 74.9. The van der Waals surface area contributed by atoms with Gasteiger partial charge in [-0.3, -0.25) is 14.2 Å². The molecule has 0 amide bonds. The highest BCUT2D eigenvalue weighted by molar-refractivity contribution is 7.45. The molecule has 10 heteroatoms. The summed E-state index contributed by atoms with van der Waals surface area (Å²) in [5.41, 5.74) is 0. The van der Waals surface area contributed by atoms with Crippen molar-refractivity contribution in [2.75, 3.05) is 47.5 Å². The summed E-state index contributed by atoms with van der Waals surface area (Å²) in [5.74, 6) is -0.830. The predicted molar refractivity (Wildman–Crippen MR) is 397 cm³/mol. The van der Waals surface area contributed by atoms with Crippen molar-refractivity contribution in [2.45, 2.75) is 315 Å². The van der Waals surface area contributed by atoms with Crippen LogP contribution >= 0.6 is 7.82 Å². The molecule has 0 aliphatic rings. The van der Waals surface area contributed by atoms with Gasteiger partial charge >= 0.3 is 11.9 Å². The first-order valence-corrected chi connectivity index (χ1v) is 39.0. The molecule has 0 fully saturated rings. The molecule has 0 aromatic carbocycles. The van der Waals surface area contributed by atoms with Crippen LogP contribution in [0.5, 0.6) is 0 Å². The second-order valence-corrected chi connectivity index (χ2v) is 27.3. The van der Waals surface area contributed by atoms with Crippen molar-refractivity contribution in [1.29, 1.82) is 0 Å². The lowest BCUT2D eigenvalue weighted by atomic mass is 10.0. The second kappa shape index (κ2) is 71.2. The molecule has 0 heterocycles. The summed E-state index contributed by atoms with van der Waals surface area (Å²) in [6.45, 7) is 4.03. The van der Waals surface area contributed by atoms with E-state index in [9.17, 15) is 19.0 Å². The number of esters is 2. The average Bonchev–Trinajstić information content (AvgIpc) is 2.34. The number of quaternary nitrogens is 1. The van der Waals surface area contributed by atoms with Crippen LogP contribution in [-0.4, -0.2) is 70.0 Å². The average molecular weight is 1300 g/mol. The van der Waals surface area contributed by atoms with Gasteiger partial charge in [-0.05, 0) is 116 Å². The Morgan fingerprint density at radius 1 is 0.337 bits per heavy atom. The molecule has 92 heavy (non-hydrogen) atoms. The molecule has 0 rings (SSSR count). The molecule has 0 bridgehead atoms. The summed E-state index contributed by atoms with van der Waals surface area (Å²) in [4.78, 5) is 38.1. The molecule has 9 nitrogen and oxygen atoms in total. The SMILES string of the molecule is CC/C=C\C/C=C\C/C=C\C/C=C\C/C=C\C/C=C\C/C=C\CCCCCCCCCCCCCCCCCC(=O)OC(COC(=O)CCCCCCCCCCCCCCCCC/C=C\C/C=C\C/C=C\C/C=C\C/C=C\CC)COP(=O)([O-])OCC[N+](C)(C)C. The van der Waals surface area contributed by atoms with Gasteiger partial charge in [0.2, 0.25) is 0 Å². The molecular weight excluding hydrogens is 1160 g/mol. The van der Waals surface area contributed by atoms with Crippen LogP contribution in [0.25, 0.3) is 0 Å². The van der Waals surface area contributed by atoms with Gasteiger partial charge in [-0.1, -0.05) is 327 Å². The zero-order valence-electron chi connectivity index (χ0n) is 59.9. The Hall–Kier alpha value is -4.11. The normalized spacial score (nSPS) is 13.9. The largest absolute Gasteiger partial charge is 0.756 e. The van der Waals surface area contributed by atoms with Crippen LogP contribution < -0.4 is 4.89 Å². The smallest absolute Gasteiger partial charge is 0.306 e. The number of phosphoric acid groups is 1. The highest BCUT2D eigenvalue weighted by Crippen LogP contribution is 2.38. The summed E-state index contributed by atoms with van der Waals surface area (Å²) >= 11 is 0. The van der Waals surface area contributed by atoms with Crippen molar-refractivity contribution in [3.8, 4) is 0 Å². The number of likely N-dealkylation sites (N-methyl/N-ethyl adjacent to an activating group) is 1. The highest BCUT2D eigenvalue weighted by Gasteiger charge is 2.22. The predicted octanol–water partition coefficient (Wildman–Crippen LogP) is 24.3. The molecule has 0 aliphatic heterocycles. The van der Waals surface area contributed by atoms with E-state index < -0.39 is 26.5 Å². The van der Waals surface area contributed by atoms with Crippen LogP contribution in [0.1, 0.15) is 309 Å². The van der Waals surface area contributed by atoms with Crippen molar-refractivity contribution >= 4 is 19.8 Å². The number of rotatable bonds is 68. The van der Waals surface area contributed by atoms with Gasteiger partial charge in [0.15, 0.2) is 6.10 Å². The molecule has 0 saturated heterocycles. The lowest BCUT2D eigenvalue weighted by molar-refractivity contribution is -0.870. The molecule has 0 aliphatic carbocycles. The van der Waals surface area contributed by atoms with E-state index in [0.717, 1.165) is 116 Å². The number of nitrogens with zero attached hydrogens (tertiary/aromatic N) is 1. The quantitative estimate of drug-likeness (QED) is 0.0195. The Morgan fingerprint density at radius 2 is 0.587 bits per heavy atom. The number of hydrogen-bond donors (Lipinski definition) is 0. The van der Waals surface area contributed by atoms with Gasteiger partial charge in [-0.15, -0.1) is 0 Å². The van der Waals surface area contributed by atoms with E-state index in [1.54, 1.807) is 0 Å². The van der Waals surface area contributed by atoms with Crippen LogP contribution in [-0.2, 0) is 32.7 Å². The number of allylic oxidation sites excluding steroid dienone is 24. The minimum absolute atomic E-state index is 0.0354. The Balaban J connectivity index is 4.03. The van der Waals surface area contributed by atoms with Crippen molar-refractivity contribution in [3.05, 3.63) is 146 Å². The Kier molecular flexibility index (Phi) is 68.0. The zero-order valence-corrected chi connectivity index (χ0v) is 60.8. The first-order valence-electron chi connectivity index (χ1n) is 37.5. The molecule has 0 radical (unpaired) electrons. The summed E-state index contributed by atoms with van der Waals surface area (Å²) in [7, 11) is 1.16. The maximum atomic E-state index is 12.9. The molecule has 0 N–H and O–H groups in total. The van der Waals surface area contributed by atoms with Crippen LogP contribution in [0.15, 0.2) is 146 Å². The molecule has 0 aromatic rings. The van der Waals surface area contributed by atoms with Gasteiger partial charge in [0.05, 0.1) is 27.7 Å². The molecule has 0 aromatic heterocycles. The zero-order chi connectivity index (χ0) is 66.9. The fourth-order valence-electron chi connectivity index (χ4n) is 10.2. The molecule has 2 atom stereocenters. The van der Waals surface area contributed by atoms with E-state index in [2.05, 4.69) is 160 Å². The van der Waals surface area contributed by atoms with Gasteiger partial charge in [0.1, 0.15) is 19.8 Å². The second-order valence-electron chi connectivity index (χ2n) is 25.9. The van der Waals surface area contributed by atoms with E-state index in [-0.39, 0.29) is 32.0 Å². The molecule has 0 saturated carbocycles. The highest BCUT2D eigenvalue weighted by atomic mass is 31.2. The van der Waals surface area contributed by atoms with E-state index in [4.69, 9.17) is 18.5 Å². The molecule has 2 unspecified atom stereocenters. The van der Waals surface area contributed by atoms with Gasteiger partial charge in [0, 0.05) is 12.8 Å². The summed E-state index contributed by atoms with van der Waals surface area (Å²) < 4.78 is 34.4. The van der Waals surface area contributed by atoms with Crippen LogP contribution in [0.3, 0.4) is 0 Å². The fourth-order valence-corrected chi connectivity index (χ4v) is 10.9. The van der Waals surface area contributed by atoms with Crippen molar-refractivity contribution in [1.82, 2.24) is 0 Å². The number of ether oxygens (including phenoxy) is 2. The summed E-state index contributed by atoms with van der Waals surface area (Å²) in [5, 5.41) is 0. The van der Waals surface area contributed by atoms with Crippen molar-refractivity contribution in [2.24, 2.45) is 0 Å². The van der Waals surface area contributed by atoms with Crippen LogP contribution in [0.2, 0.25) is 0 Å². The summed E-state index contributed by atoms with van der Waals surface area (Å²) in [6.07, 6.45) is 105. The molecular formula is C82H140NO8P. The summed E-state index contributed by atoms with van der Waals surface area (Å²) in [6, 6.07) is 0. The van der Waals surface area contributed by atoms with Crippen molar-refractivity contribution < 1.29 is 42.1 Å². The Labute approximate surface area is 567 Å². The Morgan fingerprint density at radius 3 is 0.870 bits per heavy atom. The van der Waals surface area contributed by atoms with Gasteiger partial charge in [0.25, 0.3) is 7.82 Å². The third-order valence-electron chi connectivity index (χ3n) is 15.9. The third-order valence-corrected chi connectivity index (χ3v) is 16.8. The van der Waals surface area contributed by atoms with E-state index in [1.807, 2.05) is 21.1 Å². The van der Waals surface area contributed by atoms with Crippen LogP contribution in [0, 0.1) is 0 Å². The lowest BCUT2D eigenvalue weighted by Crippen LogP contribution is -2.37. The minimum atomic E-state index is -4.65.